The molecule has 3 saturated heterocycles. The minimum atomic E-state index is 0.781. The molecule has 0 saturated carbocycles. The quantitative estimate of drug-likeness (QED) is 0.849. The fourth-order valence-corrected chi connectivity index (χ4v) is 4.49. The average molecular weight is 290 g/mol. The number of nitrogens with zero attached hydrogens (tertiary/aromatic N) is 2. The van der Waals surface area contributed by atoms with Gasteiger partial charge in [0, 0.05) is 39.3 Å². The molecule has 1 aromatic rings. The number of piperidine rings is 2. The molecule has 0 spiro atoms. The highest BCUT2D eigenvalue weighted by Crippen LogP contribution is 2.30. The van der Waals surface area contributed by atoms with Crippen molar-refractivity contribution in [2.75, 3.05) is 45.9 Å². The summed E-state index contributed by atoms with van der Waals surface area (Å²) in [4.78, 5) is 5.30. The normalized spacial score (nSPS) is 34.4. The van der Waals surface area contributed by atoms with Crippen LogP contribution in [0.2, 0.25) is 0 Å². The summed E-state index contributed by atoms with van der Waals surface area (Å²) in [6.45, 7) is 9.22. The molecule has 4 heterocycles. The lowest BCUT2D eigenvalue weighted by atomic mass is 9.84. The Kier molecular flexibility index (Phi) is 4.01. The minimum Gasteiger partial charge on any atom is -0.468 e. The summed E-state index contributed by atoms with van der Waals surface area (Å²) in [5.74, 6) is 3.57. The van der Waals surface area contributed by atoms with Gasteiger partial charge < -0.3 is 14.1 Å². The first-order valence-electron chi connectivity index (χ1n) is 8.40. The van der Waals surface area contributed by atoms with E-state index >= 15 is 0 Å². The van der Waals surface area contributed by atoms with Gasteiger partial charge in [-0.25, -0.2) is 0 Å². The van der Waals surface area contributed by atoms with Gasteiger partial charge in [0.25, 0.3) is 0 Å². The molecule has 0 aliphatic carbocycles. The molecule has 3 aliphatic rings. The van der Waals surface area contributed by atoms with Crippen LogP contribution in [0.4, 0.5) is 0 Å². The SMILES string of the molecule is c1coc(CN2CC3CC(C2)CN(CC2CCOC2)C3)c1. The predicted octanol–water partition coefficient (Wildman–Crippen LogP) is 2.07. The number of rotatable bonds is 4. The number of furan rings is 1. The average Bonchev–Trinajstić information content (AvgIpc) is 3.11. The third-order valence-corrected chi connectivity index (χ3v) is 5.23. The fraction of sp³-hybridized carbons (Fsp3) is 0.765. The van der Waals surface area contributed by atoms with Crippen LogP contribution in [0.5, 0.6) is 0 Å². The lowest BCUT2D eigenvalue weighted by Gasteiger charge is -2.46. The Morgan fingerprint density at radius 3 is 2.57 bits per heavy atom. The van der Waals surface area contributed by atoms with E-state index in [1.807, 2.05) is 6.07 Å². The number of hydrogen-bond donors (Lipinski definition) is 0. The van der Waals surface area contributed by atoms with E-state index in [0.717, 1.165) is 43.3 Å². The molecule has 0 aromatic carbocycles. The van der Waals surface area contributed by atoms with Gasteiger partial charge in [0.15, 0.2) is 0 Å². The molecule has 4 nitrogen and oxygen atoms in total. The second-order valence-corrected chi connectivity index (χ2v) is 7.19. The molecule has 4 heteroatoms. The van der Waals surface area contributed by atoms with E-state index in [1.54, 1.807) is 6.26 Å². The zero-order valence-electron chi connectivity index (χ0n) is 12.7. The van der Waals surface area contributed by atoms with Gasteiger partial charge in [-0.1, -0.05) is 0 Å². The smallest absolute Gasteiger partial charge is 0.117 e. The van der Waals surface area contributed by atoms with E-state index in [2.05, 4.69) is 15.9 Å². The lowest BCUT2D eigenvalue weighted by molar-refractivity contribution is 0.0178. The van der Waals surface area contributed by atoms with Crippen LogP contribution in [0.25, 0.3) is 0 Å². The molecule has 0 radical (unpaired) electrons. The summed E-state index contributed by atoms with van der Waals surface area (Å²) in [5.41, 5.74) is 0. The van der Waals surface area contributed by atoms with Crippen LogP contribution in [-0.4, -0.2) is 55.7 Å². The van der Waals surface area contributed by atoms with Crippen molar-refractivity contribution in [3.63, 3.8) is 0 Å². The first-order chi connectivity index (χ1) is 10.3. The maximum Gasteiger partial charge on any atom is 0.117 e. The summed E-state index contributed by atoms with van der Waals surface area (Å²) < 4.78 is 11.0. The van der Waals surface area contributed by atoms with Crippen molar-refractivity contribution >= 4 is 0 Å². The zero-order valence-corrected chi connectivity index (χ0v) is 12.7. The molecular weight excluding hydrogens is 264 g/mol. The zero-order chi connectivity index (χ0) is 14.1. The summed E-state index contributed by atoms with van der Waals surface area (Å²) in [6, 6.07) is 4.09. The van der Waals surface area contributed by atoms with Crippen molar-refractivity contribution < 1.29 is 9.15 Å². The Hall–Kier alpha value is -0.840. The van der Waals surface area contributed by atoms with Crippen LogP contribution in [0.3, 0.4) is 0 Å². The first-order valence-corrected chi connectivity index (χ1v) is 8.40. The van der Waals surface area contributed by atoms with Crippen LogP contribution >= 0.6 is 0 Å². The Balaban J connectivity index is 1.31. The molecule has 3 atom stereocenters. The molecule has 3 unspecified atom stereocenters. The van der Waals surface area contributed by atoms with Crippen molar-refractivity contribution in [2.24, 2.45) is 17.8 Å². The third-order valence-electron chi connectivity index (χ3n) is 5.23. The van der Waals surface area contributed by atoms with Gasteiger partial charge in [0.1, 0.15) is 5.76 Å². The van der Waals surface area contributed by atoms with Crippen molar-refractivity contribution in [1.82, 2.24) is 9.80 Å². The van der Waals surface area contributed by atoms with Gasteiger partial charge in [-0.05, 0) is 42.7 Å². The monoisotopic (exact) mass is 290 g/mol. The summed E-state index contributed by atoms with van der Waals surface area (Å²) in [5, 5.41) is 0. The summed E-state index contributed by atoms with van der Waals surface area (Å²) >= 11 is 0. The standard InChI is InChI=1S/C17H26N2O2/c1-2-17(21-4-1)12-19-10-15-6-16(11-19)9-18(8-15)7-14-3-5-20-13-14/h1-2,4,14-16H,3,5-13H2. The van der Waals surface area contributed by atoms with Crippen LogP contribution in [0, 0.1) is 17.8 Å². The molecule has 0 amide bonds. The number of hydrogen-bond acceptors (Lipinski definition) is 4. The summed E-state index contributed by atoms with van der Waals surface area (Å²) in [6.07, 6.45) is 4.47. The first kappa shape index (κ1) is 13.8. The fourth-order valence-electron chi connectivity index (χ4n) is 4.49. The molecule has 1 aromatic heterocycles. The van der Waals surface area contributed by atoms with Gasteiger partial charge in [0.05, 0.1) is 19.4 Å². The van der Waals surface area contributed by atoms with Crippen LogP contribution < -0.4 is 0 Å². The molecule has 3 fully saturated rings. The van der Waals surface area contributed by atoms with Crippen LogP contribution in [0.1, 0.15) is 18.6 Å². The second-order valence-electron chi connectivity index (χ2n) is 7.19. The van der Waals surface area contributed by atoms with E-state index in [0.29, 0.717) is 0 Å². The van der Waals surface area contributed by atoms with Gasteiger partial charge in [-0.2, -0.15) is 0 Å². The van der Waals surface area contributed by atoms with E-state index in [1.165, 1.54) is 45.6 Å². The molecular formula is C17H26N2O2. The van der Waals surface area contributed by atoms with Gasteiger partial charge in [0.2, 0.25) is 0 Å². The predicted molar refractivity (Wildman–Crippen MR) is 80.9 cm³/mol. The number of ether oxygens (including phenoxy) is 1. The maximum atomic E-state index is 5.52. The van der Waals surface area contributed by atoms with Gasteiger partial charge >= 0.3 is 0 Å². The molecule has 2 bridgehead atoms. The second kappa shape index (κ2) is 6.11. The van der Waals surface area contributed by atoms with Gasteiger partial charge in [-0.3, -0.25) is 4.90 Å². The van der Waals surface area contributed by atoms with Gasteiger partial charge in [-0.15, -0.1) is 0 Å². The van der Waals surface area contributed by atoms with Crippen molar-refractivity contribution in [3.8, 4) is 0 Å². The van der Waals surface area contributed by atoms with E-state index in [-0.39, 0.29) is 0 Å². The Morgan fingerprint density at radius 1 is 1.10 bits per heavy atom. The molecule has 116 valence electrons. The third kappa shape index (κ3) is 3.33. The highest BCUT2D eigenvalue weighted by Gasteiger charge is 2.35. The topological polar surface area (TPSA) is 28.9 Å². The minimum absolute atomic E-state index is 0.781. The van der Waals surface area contributed by atoms with Crippen molar-refractivity contribution in [2.45, 2.75) is 19.4 Å². The Bertz CT molecular complexity index is 428. The Morgan fingerprint density at radius 2 is 1.90 bits per heavy atom. The van der Waals surface area contributed by atoms with Crippen molar-refractivity contribution in [3.05, 3.63) is 24.2 Å². The number of likely N-dealkylation sites (tertiary alicyclic amines) is 2. The van der Waals surface area contributed by atoms with Crippen LogP contribution in [0.15, 0.2) is 22.8 Å². The largest absolute Gasteiger partial charge is 0.468 e. The number of fused-ring (bicyclic) bond motifs is 2. The van der Waals surface area contributed by atoms with E-state index in [9.17, 15) is 0 Å². The van der Waals surface area contributed by atoms with Crippen molar-refractivity contribution in [1.29, 1.82) is 0 Å². The highest BCUT2D eigenvalue weighted by atomic mass is 16.5. The molecule has 3 aliphatic heterocycles. The molecule has 21 heavy (non-hydrogen) atoms. The highest BCUT2D eigenvalue weighted by molar-refractivity contribution is 4.99. The maximum absolute atomic E-state index is 5.52. The van der Waals surface area contributed by atoms with E-state index in [4.69, 9.17) is 9.15 Å². The van der Waals surface area contributed by atoms with E-state index < -0.39 is 0 Å². The lowest BCUT2D eigenvalue weighted by Crippen LogP contribution is -2.53. The van der Waals surface area contributed by atoms with Crippen LogP contribution in [-0.2, 0) is 11.3 Å². The summed E-state index contributed by atoms with van der Waals surface area (Å²) in [7, 11) is 0. The molecule has 0 N–H and O–H groups in total. The molecule has 4 rings (SSSR count). The Labute approximate surface area is 127 Å².